The van der Waals surface area contributed by atoms with Crippen molar-refractivity contribution < 1.29 is 19.5 Å². The third kappa shape index (κ3) is 24.0. The van der Waals surface area contributed by atoms with Crippen molar-refractivity contribution in [2.75, 3.05) is 0 Å². The number of hydrogen-bond donors (Lipinski definition) is 1. The van der Waals surface area contributed by atoms with Crippen LogP contribution >= 0.6 is 12.2 Å². The molecule has 0 atom stereocenters. The van der Waals surface area contributed by atoms with E-state index in [-0.39, 0.29) is 23.8 Å². The number of thiocarbonyl (C=S) groups is 1. The molecular weight excluding hydrogens is 396 g/mol. The molecule has 0 amide bonds. The minimum Gasteiger partial charge on any atom is -0.415 e. The van der Waals surface area contributed by atoms with Crippen LogP contribution in [0.1, 0.15) is 89.5 Å². The number of aryl methyl sites for hydroxylation is 1. The minimum atomic E-state index is 0. The van der Waals surface area contributed by atoms with Crippen LogP contribution in [0.3, 0.4) is 0 Å². The topological polar surface area (TPSA) is 26.0 Å². The van der Waals surface area contributed by atoms with Crippen molar-refractivity contribution in [3.63, 3.8) is 0 Å². The fraction of sp³-hybridized carbons (Fsp3) is 0.667. The molecule has 0 aliphatic heterocycles. The third-order valence-corrected chi connectivity index (χ3v) is 4.07. The van der Waals surface area contributed by atoms with Gasteiger partial charge in [-0.25, -0.2) is 0 Å². The van der Waals surface area contributed by atoms with E-state index < -0.39 is 0 Å². The first-order valence-corrected chi connectivity index (χ1v) is 10.4. The number of benzene rings is 1. The van der Waals surface area contributed by atoms with Crippen molar-refractivity contribution >= 4 is 29.2 Å². The van der Waals surface area contributed by atoms with Gasteiger partial charge in [-0.3, -0.25) is 0 Å². The van der Waals surface area contributed by atoms with E-state index in [9.17, 15) is 0 Å². The SMILES string of the molecule is CCCCCCCCCCCCCCc1[c-]cccc1.NC(=S)[S-].[Zn+2]. The molecule has 25 heavy (non-hydrogen) atoms. The van der Waals surface area contributed by atoms with E-state index in [1.165, 1.54) is 89.0 Å². The van der Waals surface area contributed by atoms with Gasteiger partial charge in [-0.15, -0.1) is 0 Å². The van der Waals surface area contributed by atoms with Crippen LogP contribution in [0.4, 0.5) is 0 Å². The van der Waals surface area contributed by atoms with Gasteiger partial charge in [-0.2, -0.15) is 35.9 Å². The monoisotopic (exact) mass is 429 g/mol. The molecule has 0 saturated carbocycles. The van der Waals surface area contributed by atoms with E-state index in [0.29, 0.717) is 0 Å². The maximum absolute atomic E-state index is 4.66. The van der Waals surface area contributed by atoms with E-state index >= 15 is 0 Å². The Morgan fingerprint density at radius 2 is 1.36 bits per heavy atom. The molecule has 4 heteroatoms. The predicted molar refractivity (Wildman–Crippen MR) is 114 cm³/mol. The maximum atomic E-state index is 4.66. The van der Waals surface area contributed by atoms with Crippen molar-refractivity contribution in [3.05, 3.63) is 35.9 Å². The van der Waals surface area contributed by atoms with Gasteiger partial charge in [0.2, 0.25) is 0 Å². The van der Waals surface area contributed by atoms with Crippen LogP contribution in [0.25, 0.3) is 0 Å². The average molecular weight is 431 g/mol. The van der Waals surface area contributed by atoms with Crippen molar-refractivity contribution in [1.82, 2.24) is 0 Å². The summed E-state index contributed by atoms with van der Waals surface area (Å²) in [5, 5.41) is 0. The summed E-state index contributed by atoms with van der Waals surface area (Å²) in [6, 6.07) is 11.7. The molecule has 0 saturated heterocycles. The number of unbranched alkanes of at least 4 members (excludes halogenated alkanes) is 11. The Morgan fingerprint density at radius 3 is 1.76 bits per heavy atom. The second-order valence-corrected chi connectivity index (χ2v) is 7.48. The second kappa shape index (κ2) is 22.0. The van der Waals surface area contributed by atoms with Crippen LogP contribution in [-0.2, 0) is 38.5 Å². The van der Waals surface area contributed by atoms with Gasteiger partial charge < -0.3 is 30.6 Å². The van der Waals surface area contributed by atoms with Gasteiger partial charge in [0.25, 0.3) is 0 Å². The van der Waals surface area contributed by atoms with E-state index in [2.05, 4.69) is 55.7 Å². The molecule has 0 spiro atoms. The molecule has 1 rings (SSSR count). The molecule has 0 fully saturated rings. The first-order chi connectivity index (χ1) is 11.7. The molecule has 1 nitrogen and oxygen atoms in total. The zero-order valence-corrected chi connectivity index (χ0v) is 20.7. The third-order valence-electron chi connectivity index (χ3n) is 4.07. The van der Waals surface area contributed by atoms with Crippen molar-refractivity contribution in [2.24, 2.45) is 5.73 Å². The summed E-state index contributed by atoms with van der Waals surface area (Å²) in [6.07, 6.45) is 18.3. The smallest absolute Gasteiger partial charge is 0.415 e. The molecule has 1 aromatic rings. The fourth-order valence-electron chi connectivity index (χ4n) is 2.74. The summed E-state index contributed by atoms with van der Waals surface area (Å²) in [6.45, 7) is 2.29. The summed E-state index contributed by atoms with van der Waals surface area (Å²) >= 11 is 8.26. The Hall–Kier alpha value is -0.0466. The molecule has 138 valence electrons. The van der Waals surface area contributed by atoms with E-state index in [4.69, 9.17) is 0 Å². The standard InChI is InChI=1S/C20H33.CH3NS2.Zn/c1-2-3-4-5-6-7-8-9-10-11-12-14-17-20-18-15-13-16-19-20;2-1(3)4;/h13,15-16,18H,2-12,14,17H2,1H3;(H3,2,3,4);/q-1;;+2/p-1. The van der Waals surface area contributed by atoms with Crippen LogP contribution in [0, 0.1) is 6.07 Å². The Labute approximate surface area is 180 Å². The van der Waals surface area contributed by atoms with Crippen LogP contribution in [0.5, 0.6) is 0 Å². The van der Waals surface area contributed by atoms with Crippen LogP contribution in [0.2, 0.25) is 0 Å². The van der Waals surface area contributed by atoms with E-state index in [1.54, 1.807) is 0 Å². The predicted octanol–water partition coefficient (Wildman–Crippen LogP) is 6.50. The molecule has 0 aliphatic rings. The van der Waals surface area contributed by atoms with Crippen LogP contribution in [-0.4, -0.2) is 4.32 Å². The Bertz CT molecular complexity index is 381. The molecule has 2 N–H and O–H groups in total. The number of nitrogens with two attached hydrogens (primary N) is 1. The van der Waals surface area contributed by atoms with E-state index in [1.807, 2.05) is 12.1 Å². The fourth-order valence-corrected chi connectivity index (χ4v) is 2.74. The Balaban J connectivity index is 0. The molecule has 0 radical (unpaired) electrons. The van der Waals surface area contributed by atoms with Crippen molar-refractivity contribution in [1.29, 1.82) is 0 Å². The van der Waals surface area contributed by atoms with Crippen LogP contribution < -0.4 is 5.73 Å². The molecule has 0 unspecified atom stereocenters. The quantitative estimate of drug-likeness (QED) is 0.127. The Morgan fingerprint density at radius 1 is 0.920 bits per heavy atom. The zero-order chi connectivity index (χ0) is 17.9. The number of rotatable bonds is 13. The van der Waals surface area contributed by atoms with Gasteiger partial charge in [0.05, 0.1) is 0 Å². The molecule has 0 heterocycles. The summed E-state index contributed by atoms with van der Waals surface area (Å²) < 4.78 is 0.0833. The summed E-state index contributed by atoms with van der Waals surface area (Å²) in [5.41, 5.74) is 6.03. The first kappa shape index (κ1) is 27.2. The maximum Gasteiger partial charge on any atom is 2.00 e. The molecule has 1 aromatic carbocycles. The molecule has 0 aliphatic carbocycles. The number of hydrogen-bond acceptors (Lipinski definition) is 2. The summed E-state index contributed by atoms with van der Waals surface area (Å²) in [7, 11) is 0. The van der Waals surface area contributed by atoms with Crippen molar-refractivity contribution in [2.45, 2.75) is 90.4 Å². The largest absolute Gasteiger partial charge is 2.00 e. The van der Waals surface area contributed by atoms with Gasteiger partial charge in [-0.1, -0.05) is 94.7 Å². The van der Waals surface area contributed by atoms with Crippen molar-refractivity contribution in [3.8, 4) is 0 Å². The first-order valence-electron chi connectivity index (χ1n) is 9.58. The second-order valence-electron chi connectivity index (χ2n) is 6.35. The normalized spacial score (nSPS) is 9.64. The Kier molecular flexibility index (Phi) is 23.9. The molecular formula is C21H35NS2Zn. The van der Waals surface area contributed by atoms with Gasteiger partial charge in [0, 0.05) is 0 Å². The van der Waals surface area contributed by atoms with Gasteiger partial charge in [0.1, 0.15) is 0 Å². The summed E-state index contributed by atoms with van der Waals surface area (Å²) in [5.74, 6) is 0. The van der Waals surface area contributed by atoms with Gasteiger partial charge >= 0.3 is 19.5 Å². The molecule has 0 aromatic heterocycles. The van der Waals surface area contributed by atoms with Gasteiger partial charge in [0.15, 0.2) is 0 Å². The van der Waals surface area contributed by atoms with Crippen LogP contribution in [0.15, 0.2) is 24.3 Å². The van der Waals surface area contributed by atoms with E-state index in [0.717, 1.165) is 0 Å². The zero-order valence-electron chi connectivity index (χ0n) is 16.1. The average Bonchev–Trinajstić information content (AvgIpc) is 2.56. The molecule has 0 bridgehead atoms. The van der Waals surface area contributed by atoms with Gasteiger partial charge in [-0.05, 0) is 0 Å². The minimum absolute atomic E-state index is 0. The summed E-state index contributed by atoms with van der Waals surface area (Å²) in [4.78, 5) is 0.